The van der Waals surface area contributed by atoms with Gasteiger partial charge in [0.15, 0.2) is 0 Å². The second-order valence-corrected chi connectivity index (χ2v) is 4.41. The summed E-state index contributed by atoms with van der Waals surface area (Å²) in [6, 6.07) is 3.12. The highest BCUT2D eigenvalue weighted by molar-refractivity contribution is 6.29. The summed E-state index contributed by atoms with van der Waals surface area (Å²) >= 11 is 5.70. The number of hydrogen-bond donors (Lipinski definition) is 2. The number of piperazine rings is 1. The van der Waals surface area contributed by atoms with Gasteiger partial charge in [0.25, 0.3) is 0 Å². The van der Waals surface area contributed by atoms with Crippen LogP contribution in [-0.2, 0) is 11.3 Å². The zero-order chi connectivity index (χ0) is 12.3. The molecule has 2 heterocycles. The number of aromatic nitrogens is 1. The predicted molar refractivity (Wildman–Crippen MR) is 64.0 cm³/mol. The molecule has 2 rings (SSSR count). The lowest BCUT2D eigenvalue weighted by atomic mass is 10.1. The normalized spacial score (nSPS) is 21.4. The van der Waals surface area contributed by atoms with Gasteiger partial charge in [0.2, 0.25) is 0 Å². The van der Waals surface area contributed by atoms with Crippen LogP contribution in [-0.4, -0.2) is 46.6 Å². The Balaban J connectivity index is 2.05. The van der Waals surface area contributed by atoms with Crippen molar-refractivity contribution in [1.29, 1.82) is 0 Å². The fourth-order valence-electron chi connectivity index (χ4n) is 1.91. The highest BCUT2D eigenvalue weighted by atomic mass is 35.5. The number of nitrogens with zero attached hydrogens (tertiary/aromatic N) is 2. The molecule has 0 spiro atoms. The molecule has 1 aromatic rings. The maximum atomic E-state index is 11.1. The van der Waals surface area contributed by atoms with E-state index in [-0.39, 0.29) is 0 Å². The van der Waals surface area contributed by atoms with Crippen molar-refractivity contribution >= 4 is 17.6 Å². The van der Waals surface area contributed by atoms with Crippen LogP contribution in [0.1, 0.15) is 5.56 Å². The standard InChI is InChI=1S/C11H14ClN3O2/c12-10-2-1-8(5-14-10)7-15-4-3-13-6-9(15)11(16)17/h1-2,5,9,13H,3-4,6-7H2,(H,16,17)/t9-/m0/s1. The number of rotatable bonds is 3. The fraction of sp³-hybridized carbons (Fsp3) is 0.455. The molecule has 6 heteroatoms. The maximum Gasteiger partial charge on any atom is 0.322 e. The van der Waals surface area contributed by atoms with Crippen LogP contribution in [0, 0.1) is 0 Å². The van der Waals surface area contributed by atoms with Crippen molar-refractivity contribution in [3.8, 4) is 0 Å². The molecule has 1 atom stereocenters. The van der Waals surface area contributed by atoms with Crippen LogP contribution in [0.5, 0.6) is 0 Å². The SMILES string of the molecule is O=C(O)[C@@H]1CNCCN1Cc1ccc(Cl)nc1. The van der Waals surface area contributed by atoms with Crippen molar-refractivity contribution in [1.82, 2.24) is 15.2 Å². The summed E-state index contributed by atoms with van der Waals surface area (Å²) in [5.41, 5.74) is 0.975. The summed E-state index contributed by atoms with van der Waals surface area (Å²) < 4.78 is 0. The van der Waals surface area contributed by atoms with Gasteiger partial charge in [-0.2, -0.15) is 0 Å². The van der Waals surface area contributed by atoms with E-state index >= 15 is 0 Å². The minimum absolute atomic E-state index is 0.448. The number of carboxylic acids is 1. The maximum absolute atomic E-state index is 11.1. The van der Waals surface area contributed by atoms with Gasteiger partial charge in [-0.15, -0.1) is 0 Å². The van der Waals surface area contributed by atoms with Crippen LogP contribution >= 0.6 is 11.6 Å². The van der Waals surface area contributed by atoms with Crippen LogP contribution in [0.25, 0.3) is 0 Å². The third-order valence-electron chi connectivity index (χ3n) is 2.81. The zero-order valence-electron chi connectivity index (χ0n) is 9.27. The van der Waals surface area contributed by atoms with E-state index in [0.717, 1.165) is 18.7 Å². The van der Waals surface area contributed by atoms with Crippen molar-refractivity contribution in [2.24, 2.45) is 0 Å². The van der Waals surface area contributed by atoms with E-state index in [1.807, 2.05) is 11.0 Å². The number of pyridine rings is 1. The quantitative estimate of drug-likeness (QED) is 0.774. The Kier molecular flexibility index (Phi) is 3.93. The number of carbonyl (C=O) groups is 1. The molecular formula is C11H14ClN3O2. The van der Waals surface area contributed by atoms with E-state index in [9.17, 15) is 4.79 Å². The number of nitrogens with one attached hydrogen (secondary N) is 1. The molecule has 0 aromatic carbocycles. The van der Waals surface area contributed by atoms with E-state index in [1.54, 1.807) is 12.3 Å². The molecule has 0 bridgehead atoms. The first-order chi connectivity index (χ1) is 8.16. The van der Waals surface area contributed by atoms with Crippen LogP contribution in [0.2, 0.25) is 5.15 Å². The molecule has 0 unspecified atom stereocenters. The van der Waals surface area contributed by atoms with Crippen molar-refractivity contribution in [2.75, 3.05) is 19.6 Å². The Morgan fingerprint density at radius 2 is 2.47 bits per heavy atom. The van der Waals surface area contributed by atoms with Crippen molar-refractivity contribution < 1.29 is 9.90 Å². The molecule has 1 saturated heterocycles. The van der Waals surface area contributed by atoms with E-state index in [2.05, 4.69) is 10.3 Å². The molecule has 0 saturated carbocycles. The number of aliphatic carboxylic acids is 1. The topological polar surface area (TPSA) is 65.5 Å². The van der Waals surface area contributed by atoms with Gasteiger partial charge in [0.05, 0.1) is 0 Å². The highest BCUT2D eigenvalue weighted by Crippen LogP contribution is 2.11. The molecule has 2 N–H and O–H groups in total. The van der Waals surface area contributed by atoms with Crippen LogP contribution in [0.4, 0.5) is 0 Å². The molecule has 5 nitrogen and oxygen atoms in total. The molecule has 17 heavy (non-hydrogen) atoms. The average Bonchev–Trinajstić information content (AvgIpc) is 2.32. The minimum Gasteiger partial charge on any atom is -0.480 e. The Morgan fingerprint density at radius 3 is 3.12 bits per heavy atom. The van der Waals surface area contributed by atoms with Gasteiger partial charge >= 0.3 is 5.97 Å². The van der Waals surface area contributed by atoms with Gasteiger partial charge in [-0.3, -0.25) is 9.69 Å². The van der Waals surface area contributed by atoms with E-state index in [1.165, 1.54) is 0 Å². The monoisotopic (exact) mass is 255 g/mol. The Bertz CT molecular complexity index is 396. The van der Waals surface area contributed by atoms with Gasteiger partial charge in [-0.1, -0.05) is 17.7 Å². The first-order valence-corrected chi connectivity index (χ1v) is 5.82. The van der Waals surface area contributed by atoms with E-state index in [0.29, 0.717) is 18.2 Å². The molecule has 0 radical (unpaired) electrons. The van der Waals surface area contributed by atoms with Gasteiger partial charge < -0.3 is 10.4 Å². The Labute approximate surface area is 104 Å². The third-order valence-corrected chi connectivity index (χ3v) is 3.04. The van der Waals surface area contributed by atoms with Gasteiger partial charge in [-0.05, 0) is 11.6 Å². The predicted octanol–water partition coefficient (Wildman–Crippen LogP) is 0.593. The lowest BCUT2D eigenvalue weighted by Crippen LogP contribution is -2.54. The smallest absolute Gasteiger partial charge is 0.322 e. The van der Waals surface area contributed by atoms with Crippen molar-refractivity contribution in [2.45, 2.75) is 12.6 Å². The van der Waals surface area contributed by atoms with E-state index < -0.39 is 12.0 Å². The second-order valence-electron chi connectivity index (χ2n) is 4.02. The molecule has 92 valence electrons. The minimum atomic E-state index is -0.792. The van der Waals surface area contributed by atoms with Crippen LogP contribution in [0.15, 0.2) is 18.3 Å². The second kappa shape index (κ2) is 5.44. The number of halogens is 1. The fourth-order valence-corrected chi connectivity index (χ4v) is 2.03. The summed E-state index contributed by atoms with van der Waals surface area (Å²) in [5, 5.41) is 12.6. The summed E-state index contributed by atoms with van der Waals surface area (Å²) in [4.78, 5) is 17.0. The molecule has 1 fully saturated rings. The van der Waals surface area contributed by atoms with Gasteiger partial charge in [-0.25, -0.2) is 4.98 Å². The Morgan fingerprint density at radius 1 is 1.65 bits per heavy atom. The first-order valence-electron chi connectivity index (χ1n) is 5.45. The largest absolute Gasteiger partial charge is 0.480 e. The zero-order valence-corrected chi connectivity index (χ0v) is 10.0. The Hall–Kier alpha value is -1.17. The number of carboxylic acid groups (broad SMARTS) is 1. The average molecular weight is 256 g/mol. The summed E-state index contributed by atoms with van der Waals surface area (Å²) in [7, 11) is 0. The highest BCUT2D eigenvalue weighted by Gasteiger charge is 2.28. The summed E-state index contributed by atoms with van der Waals surface area (Å²) in [6.07, 6.45) is 1.68. The first kappa shape index (κ1) is 12.3. The third kappa shape index (κ3) is 3.15. The number of hydrogen-bond acceptors (Lipinski definition) is 4. The molecule has 1 aliphatic rings. The van der Waals surface area contributed by atoms with E-state index in [4.69, 9.17) is 16.7 Å². The molecule has 0 amide bonds. The molecule has 0 aliphatic carbocycles. The van der Waals surface area contributed by atoms with Gasteiger partial charge in [0.1, 0.15) is 11.2 Å². The summed E-state index contributed by atoms with van der Waals surface area (Å²) in [5.74, 6) is -0.792. The summed E-state index contributed by atoms with van der Waals surface area (Å²) in [6.45, 7) is 2.60. The van der Waals surface area contributed by atoms with Gasteiger partial charge in [0, 0.05) is 32.4 Å². The molecular weight excluding hydrogens is 242 g/mol. The van der Waals surface area contributed by atoms with Crippen LogP contribution in [0.3, 0.4) is 0 Å². The molecule has 1 aliphatic heterocycles. The lowest BCUT2D eigenvalue weighted by Gasteiger charge is -2.33. The van der Waals surface area contributed by atoms with Crippen molar-refractivity contribution in [3.05, 3.63) is 29.0 Å². The molecule has 1 aromatic heterocycles. The van der Waals surface area contributed by atoms with Crippen molar-refractivity contribution in [3.63, 3.8) is 0 Å². The van der Waals surface area contributed by atoms with Crippen LogP contribution < -0.4 is 5.32 Å². The lowest BCUT2D eigenvalue weighted by molar-refractivity contribution is -0.144.